The van der Waals surface area contributed by atoms with Crippen LogP contribution in [0.15, 0.2) is 0 Å². The number of hydrogen-bond donors (Lipinski definition) is 0. The molecule has 0 spiro atoms. The summed E-state index contributed by atoms with van der Waals surface area (Å²) < 4.78 is 128. The van der Waals surface area contributed by atoms with Gasteiger partial charge < -0.3 is 4.74 Å². The summed E-state index contributed by atoms with van der Waals surface area (Å²) in [5.41, 5.74) is 0. The molecule has 0 heterocycles. The van der Waals surface area contributed by atoms with Crippen LogP contribution in [0.1, 0.15) is 6.92 Å². The second-order valence-corrected chi connectivity index (χ2v) is 3.33. The standard InChI is InChI=1S/C7H6F10O2/c1-3(8,5(10,11)12)19-7(16,17)4(9,18-2)6(13,14)15/h1-2H3. The van der Waals surface area contributed by atoms with Crippen LogP contribution in [-0.2, 0) is 9.47 Å². The van der Waals surface area contributed by atoms with Gasteiger partial charge in [-0.25, -0.2) is 4.39 Å². The molecule has 0 aliphatic carbocycles. The van der Waals surface area contributed by atoms with E-state index in [1.807, 2.05) is 0 Å². The molecule has 0 bridgehead atoms. The van der Waals surface area contributed by atoms with Gasteiger partial charge in [0.25, 0.3) is 0 Å². The minimum Gasteiger partial charge on any atom is -0.335 e. The van der Waals surface area contributed by atoms with Crippen molar-refractivity contribution in [2.75, 3.05) is 7.11 Å². The van der Waals surface area contributed by atoms with E-state index in [1.54, 1.807) is 0 Å². The maximum absolute atomic E-state index is 13.0. The van der Waals surface area contributed by atoms with Crippen LogP contribution in [0.3, 0.4) is 0 Å². The van der Waals surface area contributed by atoms with E-state index in [0.717, 1.165) is 0 Å². The van der Waals surface area contributed by atoms with E-state index in [1.165, 1.54) is 0 Å². The van der Waals surface area contributed by atoms with Crippen molar-refractivity contribution in [2.45, 2.75) is 37.1 Å². The predicted octanol–water partition coefficient (Wildman–Crippen LogP) is 3.72. The summed E-state index contributed by atoms with van der Waals surface area (Å²) in [6, 6.07) is 0. The average Bonchev–Trinajstić information content (AvgIpc) is 2.10. The Morgan fingerprint density at radius 1 is 0.684 bits per heavy atom. The molecule has 0 radical (unpaired) electrons. The number of alkyl halides is 10. The van der Waals surface area contributed by atoms with Crippen LogP contribution in [0.4, 0.5) is 43.9 Å². The van der Waals surface area contributed by atoms with Crippen LogP contribution in [0, 0.1) is 0 Å². The van der Waals surface area contributed by atoms with Crippen molar-refractivity contribution in [3.8, 4) is 0 Å². The summed E-state index contributed by atoms with van der Waals surface area (Å²) in [4.78, 5) is 0. The first-order chi connectivity index (χ1) is 8.02. The third-order valence-electron chi connectivity index (χ3n) is 1.85. The Balaban J connectivity index is 5.51. The van der Waals surface area contributed by atoms with Crippen molar-refractivity contribution in [1.82, 2.24) is 0 Å². The summed E-state index contributed by atoms with van der Waals surface area (Å²) in [5, 5.41) is 0. The van der Waals surface area contributed by atoms with Gasteiger partial charge in [0.2, 0.25) is 0 Å². The van der Waals surface area contributed by atoms with Gasteiger partial charge in [0.15, 0.2) is 0 Å². The molecule has 0 fully saturated rings. The third kappa shape index (κ3) is 3.22. The van der Waals surface area contributed by atoms with Crippen molar-refractivity contribution in [2.24, 2.45) is 0 Å². The first-order valence-electron chi connectivity index (χ1n) is 4.16. The van der Waals surface area contributed by atoms with Gasteiger partial charge in [0, 0.05) is 14.0 Å². The van der Waals surface area contributed by atoms with Gasteiger partial charge >= 0.3 is 30.2 Å². The molecule has 0 saturated heterocycles. The highest BCUT2D eigenvalue weighted by Crippen LogP contribution is 2.50. The summed E-state index contributed by atoms with van der Waals surface area (Å²) in [6.45, 7) is -0.645. The topological polar surface area (TPSA) is 18.5 Å². The zero-order valence-corrected chi connectivity index (χ0v) is 9.10. The second-order valence-electron chi connectivity index (χ2n) is 3.33. The maximum atomic E-state index is 13.0. The van der Waals surface area contributed by atoms with Crippen molar-refractivity contribution in [3.63, 3.8) is 0 Å². The van der Waals surface area contributed by atoms with E-state index in [4.69, 9.17) is 0 Å². The molecule has 0 N–H and O–H groups in total. The predicted molar refractivity (Wildman–Crippen MR) is 38.5 cm³/mol. The van der Waals surface area contributed by atoms with Crippen molar-refractivity contribution in [3.05, 3.63) is 0 Å². The Kier molecular flexibility index (Phi) is 4.46. The lowest BCUT2D eigenvalue weighted by atomic mass is 10.2. The van der Waals surface area contributed by atoms with E-state index in [9.17, 15) is 43.9 Å². The molecule has 0 rings (SSSR count). The van der Waals surface area contributed by atoms with E-state index in [0.29, 0.717) is 0 Å². The van der Waals surface area contributed by atoms with E-state index >= 15 is 0 Å². The number of hydrogen-bond acceptors (Lipinski definition) is 2. The molecule has 0 aromatic heterocycles. The molecule has 12 heteroatoms. The van der Waals surface area contributed by atoms with E-state index in [2.05, 4.69) is 9.47 Å². The lowest BCUT2D eigenvalue weighted by Gasteiger charge is -2.36. The molecule has 0 saturated carbocycles. The molecule has 2 atom stereocenters. The Morgan fingerprint density at radius 2 is 1.05 bits per heavy atom. The molecule has 116 valence electrons. The molecule has 0 aliphatic rings. The van der Waals surface area contributed by atoms with Crippen LogP contribution in [0.5, 0.6) is 0 Å². The fourth-order valence-corrected chi connectivity index (χ4v) is 0.764. The highest BCUT2D eigenvalue weighted by molar-refractivity contribution is 4.88. The van der Waals surface area contributed by atoms with Gasteiger partial charge in [-0.1, -0.05) is 0 Å². The molecular formula is C7H6F10O2. The smallest absolute Gasteiger partial charge is 0.335 e. The van der Waals surface area contributed by atoms with Gasteiger partial charge in [-0.05, 0) is 0 Å². The van der Waals surface area contributed by atoms with Crippen molar-refractivity contribution < 1.29 is 53.4 Å². The molecule has 0 amide bonds. The highest BCUT2D eigenvalue weighted by Gasteiger charge is 2.77. The maximum Gasteiger partial charge on any atom is 0.457 e. The Morgan fingerprint density at radius 3 is 1.26 bits per heavy atom. The van der Waals surface area contributed by atoms with Crippen LogP contribution in [-0.4, -0.2) is 37.3 Å². The zero-order chi connectivity index (χ0) is 15.9. The molecule has 0 aromatic carbocycles. The van der Waals surface area contributed by atoms with Gasteiger partial charge in [-0.15, -0.1) is 0 Å². The first-order valence-corrected chi connectivity index (χ1v) is 4.16. The van der Waals surface area contributed by atoms with E-state index < -0.39 is 37.1 Å². The lowest BCUT2D eigenvalue weighted by Crippen LogP contribution is -2.61. The summed E-state index contributed by atoms with van der Waals surface area (Å²) in [7, 11) is -0.200. The van der Waals surface area contributed by atoms with Gasteiger partial charge in [0.1, 0.15) is 0 Å². The summed E-state index contributed by atoms with van der Waals surface area (Å²) in [5.74, 6) is -11.2. The molecule has 0 aliphatic heterocycles. The van der Waals surface area contributed by atoms with Crippen molar-refractivity contribution >= 4 is 0 Å². The number of rotatable bonds is 4. The van der Waals surface area contributed by atoms with Crippen LogP contribution in [0.2, 0.25) is 0 Å². The lowest BCUT2D eigenvalue weighted by molar-refractivity contribution is -0.498. The highest BCUT2D eigenvalue weighted by atomic mass is 19.4. The number of ether oxygens (including phenoxy) is 2. The second kappa shape index (κ2) is 4.65. The Bertz CT molecular complexity index is 319. The van der Waals surface area contributed by atoms with Gasteiger partial charge in [-0.3, -0.25) is 4.74 Å². The Hall–Kier alpha value is -0.780. The normalized spacial score (nSPS) is 20.8. The van der Waals surface area contributed by atoms with Crippen LogP contribution < -0.4 is 0 Å². The number of halogens is 10. The average molecular weight is 312 g/mol. The fraction of sp³-hybridized carbons (Fsp3) is 1.00. The molecular weight excluding hydrogens is 306 g/mol. The SMILES string of the molecule is COC(F)(C(F)(F)F)C(F)(F)OC(C)(F)C(F)(F)F. The Labute approximate surface area is 98.8 Å². The minimum absolute atomic E-state index is 0.200. The quantitative estimate of drug-likeness (QED) is 0.737. The minimum atomic E-state index is -6.47. The van der Waals surface area contributed by atoms with Crippen LogP contribution in [0.25, 0.3) is 0 Å². The molecule has 2 unspecified atom stereocenters. The summed E-state index contributed by atoms with van der Waals surface area (Å²) in [6.07, 6.45) is -18.9. The molecule has 0 aromatic rings. The fourth-order valence-electron chi connectivity index (χ4n) is 0.764. The largest absolute Gasteiger partial charge is 0.457 e. The summed E-state index contributed by atoms with van der Waals surface area (Å²) >= 11 is 0. The zero-order valence-electron chi connectivity index (χ0n) is 9.10. The molecule has 19 heavy (non-hydrogen) atoms. The monoisotopic (exact) mass is 312 g/mol. The third-order valence-corrected chi connectivity index (χ3v) is 1.85. The number of methoxy groups -OCH3 is 1. The van der Waals surface area contributed by atoms with Gasteiger partial charge in [0.05, 0.1) is 0 Å². The van der Waals surface area contributed by atoms with E-state index in [-0.39, 0.29) is 7.11 Å². The van der Waals surface area contributed by atoms with Crippen LogP contribution >= 0.6 is 0 Å². The first kappa shape index (κ1) is 18.2. The van der Waals surface area contributed by atoms with Crippen molar-refractivity contribution in [1.29, 1.82) is 0 Å². The molecule has 2 nitrogen and oxygen atoms in total. The van der Waals surface area contributed by atoms with Gasteiger partial charge in [-0.2, -0.15) is 39.5 Å².